The summed E-state index contributed by atoms with van der Waals surface area (Å²) in [6, 6.07) is 1.20. The van der Waals surface area contributed by atoms with Crippen molar-refractivity contribution < 1.29 is 18.3 Å². The van der Waals surface area contributed by atoms with Crippen molar-refractivity contribution in [3.63, 3.8) is 0 Å². The Morgan fingerprint density at radius 1 is 1.58 bits per heavy atom. The van der Waals surface area contributed by atoms with Crippen LogP contribution in [-0.2, 0) is 16.6 Å². The van der Waals surface area contributed by atoms with Gasteiger partial charge in [0.2, 0.25) is 10.0 Å². The number of sulfonamides is 1. The molecule has 1 aliphatic rings. The Morgan fingerprint density at radius 2 is 2.21 bits per heavy atom. The highest BCUT2D eigenvalue weighted by molar-refractivity contribution is 7.89. The van der Waals surface area contributed by atoms with Crippen molar-refractivity contribution in [1.29, 1.82) is 0 Å². The van der Waals surface area contributed by atoms with Gasteiger partial charge < -0.3 is 9.67 Å². The second-order valence-corrected chi connectivity index (χ2v) is 6.71. The molecule has 106 valence electrons. The number of aromatic nitrogens is 1. The van der Waals surface area contributed by atoms with Gasteiger partial charge in [-0.1, -0.05) is 13.8 Å². The number of nitrogens with zero attached hydrogens (tertiary/aromatic N) is 1. The van der Waals surface area contributed by atoms with E-state index >= 15 is 0 Å². The van der Waals surface area contributed by atoms with E-state index < -0.39 is 16.0 Å². The number of carboxylic acids is 1. The van der Waals surface area contributed by atoms with Gasteiger partial charge in [-0.15, -0.1) is 0 Å². The summed E-state index contributed by atoms with van der Waals surface area (Å²) in [5.41, 5.74) is 0.00562. The summed E-state index contributed by atoms with van der Waals surface area (Å²) in [6.07, 6.45) is 2.96. The van der Waals surface area contributed by atoms with Crippen LogP contribution in [0.3, 0.4) is 0 Å². The van der Waals surface area contributed by atoms with Gasteiger partial charge in [0.05, 0.1) is 0 Å². The number of hydrogen-bond donors (Lipinski definition) is 2. The lowest BCUT2D eigenvalue weighted by Gasteiger charge is -2.03. The van der Waals surface area contributed by atoms with E-state index in [4.69, 9.17) is 5.11 Å². The molecular weight excluding hydrogens is 268 g/mol. The number of rotatable bonds is 6. The zero-order valence-electron chi connectivity index (χ0n) is 11.0. The Balaban J connectivity index is 2.29. The maximum atomic E-state index is 12.1. The van der Waals surface area contributed by atoms with Gasteiger partial charge >= 0.3 is 5.97 Å². The standard InChI is InChI=1S/C12H18N2O4S/c1-3-4-14-7-9(6-11(14)12(15)16)19(17,18)13-10-5-8(10)2/h6-8,10,13H,3-5H2,1-2H3,(H,15,16). The molecule has 0 spiro atoms. The molecule has 0 saturated heterocycles. The molecule has 1 aromatic rings. The third kappa shape index (κ3) is 2.98. The van der Waals surface area contributed by atoms with Crippen LogP contribution in [0.5, 0.6) is 0 Å². The van der Waals surface area contributed by atoms with Crippen molar-refractivity contribution in [3.05, 3.63) is 18.0 Å². The first-order chi connectivity index (χ1) is 8.85. The number of nitrogens with one attached hydrogen (secondary N) is 1. The van der Waals surface area contributed by atoms with E-state index in [2.05, 4.69) is 4.72 Å². The predicted octanol–water partition coefficient (Wildman–Crippen LogP) is 1.28. The summed E-state index contributed by atoms with van der Waals surface area (Å²) in [4.78, 5) is 11.1. The maximum absolute atomic E-state index is 12.1. The van der Waals surface area contributed by atoms with Gasteiger partial charge in [-0.2, -0.15) is 0 Å². The number of aryl methyl sites for hydroxylation is 1. The summed E-state index contributed by atoms with van der Waals surface area (Å²) in [5, 5.41) is 9.07. The van der Waals surface area contributed by atoms with Gasteiger partial charge in [0.25, 0.3) is 0 Å². The molecule has 2 atom stereocenters. The number of hydrogen-bond acceptors (Lipinski definition) is 3. The third-order valence-corrected chi connectivity index (χ3v) is 4.74. The molecule has 1 heterocycles. The predicted molar refractivity (Wildman–Crippen MR) is 69.6 cm³/mol. The molecule has 6 nitrogen and oxygen atoms in total. The highest BCUT2D eigenvalue weighted by Gasteiger charge is 2.37. The Morgan fingerprint density at radius 3 is 2.68 bits per heavy atom. The Labute approximate surface area is 112 Å². The highest BCUT2D eigenvalue weighted by Crippen LogP contribution is 2.31. The molecule has 2 rings (SSSR count). The summed E-state index contributed by atoms with van der Waals surface area (Å²) in [7, 11) is -3.62. The summed E-state index contributed by atoms with van der Waals surface area (Å²) in [6.45, 7) is 4.36. The SMILES string of the molecule is CCCn1cc(S(=O)(=O)NC2CC2C)cc1C(=O)O. The highest BCUT2D eigenvalue weighted by atomic mass is 32.2. The average Bonchev–Trinajstić information content (AvgIpc) is 2.82. The molecule has 1 aromatic heterocycles. The van der Waals surface area contributed by atoms with E-state index in [1.54, 1.807) is 0 Å². The molecule has 0 radical (unpaired) electrons. The van der Waals surface area contributed by atoms with Crippen molar-refractivity contribution in [2.24, 2.45) is 5.92 Å². The molecule has 0 bridgehead atoms. The van der Waals surface area contributed by atoms with E-state index in [1.165, 1.54) is 16.8 Å². The summed E-state index contributed by atoms with van der Waals surface area (Å²) in [5.74, 6) is -0.763. The van der Waals surface area contributed by atoms with Crippen molar-refractivity contribution in [1.82, 2.24) is 9.29 Å². The third-order valence-electron chi connectivity index (χ3n) is 3.28. The van der Waals surface area contributed by atoms with Crippen LogP contribution in [0.4, 0.5) is 0 Å². The zero-order valence-corrected chi connectivity index (χ0v) is 11.8. The summed E-state index contributed by atoms with van der Waals surface area (Å²) < 4.78 is 28.3. The van der Waals surface area contributed by atoms with Crippen molar-refractivity contribution >= 4 is 16.0 Å². The fourth-order valence-corrected chi connectivity index (χ4v) is 3.39. The van der Waals surface area contributed by atoms with E-state index in [1.807, 2.05) is 13.8 Å². The lowest BCUT2D eigenvalue weighted by Crippen LogP contribution is -2.26. The van der Waals surface area contributed by atoms with Crippen LogP contribution in [-0.4, -0.2) is 30.1 Å². The smallest absolute Gasteiger partial charge is 0.352 e. The minimum atomic E-state index is -3.62. The monoisotopic (exact) mass is 286 g/mol. The van der Waals surface area contributed by atoms with E-state index in [0.717, 1.165) is 12.8 Å². The van der Waals surface area contributed by atoms with Crippen molar-refractivity contribution in [3.8, 4) is 0 Å². The van der Waals surface area contributed by atoms with Gasteiger partial charge in [0, 0.05) is 18.8 Å². The molecule has 2 N–H and O–H groups in total. The number of carbonyl (C=O) groups is 1. The van der Waals surface area contributed by atoms with Crippen molar-refractivity contribution in [2.75, 3.05) is 0 Å². The van der Waals surface area contributed by atoms with Crippen LogP contribution in [0.15, 0.2) is 17.2 Å². The fraction of sp³-hybridized carbons (Fsp3) is 0.583. The molecule has 7 heteroatoms. The van der Waals surface area contributed by atoms with Crippen LogP contribution in [0.2, 0.25) is 0 Å². The number of carboxylic acid groups (broad SMARTS) is 1. The number of aromatic carboxylic acids is 1. The molecular formula is C12H18N2O4S. The molecule has 2 unspecified atom stereocenters. The topological polar surface area (TPSA) is 88.4 Å². The first-order valence-corrected chi connectivity index (χ1v) is 7.79. The lowest BCUT2D eigenvalue weighted by atomic mass is 10.4. The minimum absolute atomic E-state index is 0.00562. The summed E-state index contributed by atoms with van der Waals surface area (Å²) >= 11 is 0. The van der Waals surface area contributed by atoms with E-state index in [0.29, 0.717) is 12.5 Å². The Hall–Kier alpha value is -1.34. The van der Waals surface area contributed by atoms with Crippen LogP contribution < -0.4 is 4.72 Å². The zero-order chi connectivity index (χ0) is 14.2. The quantitative estimate of drug-likeness (QED) is 0.824. The molecule has 0 amide bonds. The van der Waals surface area contributed by atoms with Gasteiger partial charge in [0.15, 0.2) is 0 Å². The van der Waals surface area contributed by atoms with Gasteiger partial charge in [-0.05, 0) is 24.8 Å². The Bertz CT molecular complexity index is 591. The first kappa shape index (κ1) is 14.1. The first-order valence-electron chi connectivity index (χ1n) is 6.31. The van der Waals surface area contributed by atoms with Crippen LogP contribution in [0.25, 0.3) is 0 Å². The van der Waals surface area contributed by atoms with Crippen LogP contribution in [0, 0.1) is 5.92 Å². The minimum Gasteiger partial charge on any atom is -0.477 e. The average molecular weight is 286 g/mol. The molecule has 1 fully saturated rings. The van der Waals surface area contributed by atoms with E-state index in [-0.39, 0.29) is 16.6 Å². The second kappa shape index (κ2) is 4.97. The van der Waals surface area contributed by atoms with Crippen LogP contribution in [0.1, 0.15) is 37.2 Å². The molecule has 0 aliphatic heterocycles. The van der Waals surface area contributed by atoms with Crippen LogP contribution >= 0.6 is 0 Å². The lowest BCUT2D eigenvalue weighted by molar-refractivity contribution is 0.0685. The largest absolute Gasteiger partial charge is 0.477 e. The van der Waals surface area contributed by atoms with Gasteiger partial charge in [-0.25, -0.2) is 17.9 Å². The molecule has 1 saturated carbocycles. The molecule has 0 aromatic carbocycles. The molecule has 19 heavy (non-hydrogen) atoms. The van der Waals surface area contributed by atoms with Crippen molar-refractivity contribution in [2.45, 2.75) is 44.2 Å². The molecule has 1 aliphatic carbocycles. The fourth-order valence-electron chi connectivity index (χ4n) is 1.99. The van der Waals surface area contributed by atoms with Gasteiger partial charge in [0.1, 0.15) is 10.6 Å². The second-order valence-electron chi connectivity index (χ2n) is 5.00. The normalized spacial score (nSPS) is 22.4. The van der Waals surface area contributed by atoms with Gasteiger partial charge in [-0.3, -0.25) is 0 Å². The Kier molecular flexibility index (Phi) is 3.69. The maximum Gasteiger partial charge on any atom is 0.352 e. The van der Waals surface area contributed by atoms with E-state index in [9.17, 15) is 13.2 Å².